The van der Waals surface area contributed by atoms with E-state index in [2.05, 4.69) is 10.00 Å². The van der Waals surface area contributed by atoms with E-state index in [0.717, 1.165) is 76.3 Å². The molecule has 5 aromatic rings. The number of hydrogen-bond acceptors (Lipinski definition) is 8. The monoisotopic (exact) mass is 693 g/mol. The molecule has 0 amide bonds. The largest absolute Gasteiger partial charge is 0.378 e. The zero-order valence-corrected chi connectivity index (χ0v) is 29.2. The number of ether oxygens (including phenoxy) is 2. The van der Waals surface area contributed by atoms with Crippen LogP contribution in [0.1, 0.15) is 75.9 Å². The molecule has 0 bridgehead atoms. The lowest BCUT2D eigenvalue weighted by molar-refractivity contribution is -0.138. The van der Waals surface area contributed by atoms with E-state index in [1.54, 1.807) is 19.1 Å². The SMILES string of the molecule is CC(=O)[C@@H](OC(C)(C)C)c1c(C)cc2nc(-c3ccc4c(n3)c(C3CCN(C5COC5)CC3)nn4C(F)F)sc2c1-c1ccc(Cl)cc1. The summed E-state index contributed by atoms with van der Waals surface area (Å²) in [5, 5.41) is 5.67. The lowest BCUT2D eigenvalue weighted by Crippen LogP contribution is -2.51. The van der Waals surface area contributed by atoms with Crippen molar-refractivity contribution in [2.75, 3.05) is 26.3 Å². The number of fused-ring (bicyclic) bond motifs is 2. The standard InChI is InChI=1S/C36H38ClF2N5O3S/c1-19-16-26-33(29(21-6-8-23(37)9-7-21)28(19)32(20(2)45)47-36(3,4)5)48-34(41-26)25-10-11-27-31(40-25)30(42-44(27)35(38)39)22-12-14-43(15-13-22)24-17-46-18-24/h6-11,16,22,24,32,35H,12-15,17-18H2,1-5H3/t32-/m1/s1. The molecule has 0 N–H and O–H groups in total. The number of ketones is 1. The van der Waals surface area contributed by atoms with Gasteiger partial charge in [0.15, 0.2) is 5.78 Å². The Kier molecular flexibility index (Phi) is 8.87. The molecule has 0 unspecified atom stereocenters. The van der Waals surface area contributed by atoms with Crippen molar-refractivity contribution in [2.45, 2.75) is 77.7 Å². The van der Waals surface area contributed by atoms with Gasteiger partial charge in [-0.05, 0) is 102 Å². The number of piperidine rings is 1. The third-order valence-corrected chi connectivity index (χ3v) is 10.6. The van der Waals surface area contributed by atoms with Gasteiger partial charge in [0.25, 0.3) is 0 Å². The van der Waals surface area contributed by atoms with E-state index in [9.17, 15) is 13.6 Å². The number of halogens is 3. The molecule has 2 saturated heterocycles. The summed E-state index contributed by atoms with van der Waals surface area (Å²) in [6, 6.07) is 13.4. The molecule has 0 saturated carbocycles. The van der Waals surface area contributed by atoms with Gasteiger partial charge in [-0.1, -0.05) is 23.7 Å². The van der Waals surface area contributed by atoms with Crippen LogP contribution in [-0.4, -0.2) is 68.4 Å². The number of aromatic nitrogens is 4. The Labute approximate surface area is 287 Å². The second kappa shape index (κ2) is 12.8. The van der Waals surface area contributed by atoms with E-state index < -0.39 is 18.3 Å². The third-order valence-electron chi connectivity index (χ3n) is 9.20. The van der Waals surface area contributed by atoms with Gasteiger partial charge >= 0.3 is 6.55 Å². The number of Topliss-reactive ketones (excluding diaryl/α,β-unsaturated/α-hetero) is 1. The molecule has 7 rings (SSSR count). The molecule has 252 valence electrons. The number of thiazole rings is 1. The van der Waals surface area contributed by atoms with E-state index in [0.29, 0.717) is 38.5 Å². The summed E-state index contributed by atoms with van der Waals surface area (Å²) in [4.78, 5) is 25.6. The van der Waals surface area contributed by atoms with Gasteiger partial charge in [-0.25, -0.2) is 14.6 Å². The Hall–Kier alpha value is -3.35. The number of carbonyl (C=O) groups excluding carboxylic acids is 1. The maximum absolute atomic E-state index is 14.2. The summed E-state index contributed by atoms with van der Waals surface area (Å²) in [5.74, 6) is -0.0780. The summed E-state index contributed by atoms with van der Waals surface area (Å²) in [7, 11) is 0. The minimum absolute atomic E-state index is 0.0240. The normalized spacial score (nSPS) is 17.4. The van der Waals surface area contributed by atoms with E-state index in [1.807, 2.05) is 58.0 Å². The number of rotatable bonds is 8. The minimum atomic E-state index is -2.78. The summed E-state index contributed by atoms with van der Waals surface area (Å²) in [6.07, 6.45) is 0.838. The molecule has 0 aliphatic carbocycles. The lowest BCUT2D eigenvalue weighted by Gasteiger charge is -2.41. The number of nitrogens with zero attached hydrogens (tertiary/aromatic N) is 5. The summed E-state index contributed by atoms with van der Waals surface area (Å²) in [5.41, 5.74) is 5.55. The van der Waals surface area contributed by atoms with E-state index >= 15 is 0 Å². The molecular weight excluding hydrogens is 656 g/mol. The van der Waals surface area contributed by atoms with Crippen LogP contribution in [0, 0.1) is 6.92 Å². The van der Waals surface area contributed by atoms with E-state index in [-0.39, 0.29) is 11.7 Å². The van der Waals surface area contributed by atoms with Crippen molar-refractivity contribution in [1.82, 2.24) is 24.6 Å². The molecule has 1 atom stereocenters. The fraction of sp³-hybridized carbons (Fsp3) is 0.444. The zero-order valence-electron chi connectivity index (χ0n) is 27.6. The van der Waals surface area contributed by atoms with Crippen LogP contribution < -0.4 is 0 Å². The molecule has 2 fully saturated rings. The zero-order chi connectivity index (χ0) is 33.9. The molecule has 48 heavy (non-hydrogen) atoms. The number of pyridine rings is 1. The highest BCUT2D eigenvalue weighted by molar-refractivity contribution is 7.22. The minimum Gasteiger partial charge on any atom is -0.378 e. The number of aryl methyl sites for hydroxylation is 1. The Bertz CT molecular complexity index is 1990. The molecule has 0 spiro atoms. The topological polar surface area (TPSA) is 82.4 Å². The molecule has 2 aliphatic heterocycles. The molecule has 2 aromatic carbocycles. The summed E-state index contributed by atoms with van der Waals surface area (Å²) >= 11 is 7.74. The quantitative estimate of drug-likeness (QED) is 0.161. The number of likely N-dealkylation sites (tertiary alicyclic amines) is 1. The summed E-state index contributed by atoms with van der Waals surface area (Å²) in [6.45, 7) is 9.77. The van der Waals surface area contributed by atoms with Gasteiger partial charge < -0.3 is 9.47 Å². The maximum Gasteiger partial charge on any atom is 0.333 e. The van der Waals surface area contributed by atoms with Crippen LogP contribution in [0.5, 0.6) is 0 Å². The Morgan fingerprint density at radius 1 is 1.08 bits per heavy atom. The molecule has 8 nitrogen and oxygen atoms in total. The van der Waals surface area contributed by atoms with Gasteiger partial charge in [0.1, 0.15) is 16.6 Å². The second-order valence-corrected chi connectivity index (χ2v) is 15.2. The lowest BCUT2D eigenvalue weighted by atomic mass is 9.90. The van der Waals surface area contributed by atoms with E-state index in [4.69, 9.17) is 31.0 Å². The highest BCUT2D eigenvalue weighted by Crippen LogP contribution is 2.45. The van der Waals surface area contributed by atoms with Crippen molar-refractivity contribution in [3.8, 4) is 21.8 Å². The van der Waals surface area contributed by atoms with Gasteiger partial charge in [-0.2, -0.15) is 13.9 Å². The van der Waals surface area contributed by atoms with Gasteiger partial charge in [-0.15, -0.1) is 11.3 Å². The molecular formula is C36H38ClF2N5O3S. The van der Waals surface area contributed by atoms with Crippen molar-refractivity contribution in [3.63, 3.8) is 0 Å². The Morgan fingerprint density at radius 3 is 2.40 bits per heavy atom. The predicted molar refractivity (Wildman–Crippen MR) is 185 cm³/mol. The first-order valence-electron chi connectivity index (χ1n) is 16.3. The van der Waals surface area contributed by atoms with Crippen molar-refractivity contribution >= 4 is 50.0 Å². The van der Waals surface area contributed by atoms with Crippen molar-refractivity contribution < 1.29 is 23.0 Å². The Balaban J connectivity index is 1.35. The van der Waals surface area contributed by atoms with Gasteiger partial charge in [0.2, 0.25) is 0 Å². The highest BCUT2D eigenvalue weighted by atomic mass is 35.5. The molecule has 0 radical (unpaired) electrons. The average Bonchev–Trinajstić information content (AvgIpc) is 3.60. The van der Waals surface area contributed by atoms with Crippen LogP contribution in [0.15, 0.2) is 42.5 Å². The van der Waals surface area contributed by atoms with Crippen molar-refractivity contribution in [3.05, 3.63) is 64.3 Å². The Morgan fingerprint density at radius 2 is 1.79 bits per heavy atom. The van der Waals surface area contributed by atoms with Crippen molar-refractivity contribution in [1.29, 1.82) is 0 Å². The predicted octanol–water partition coefficient (Wildman–Crippen LogP) is 8.76. The van der Waals surface area contributed by atoms with Crippen LogP contribution in [0.25, 0.3) is 43.1 Å². The fourth-order valence-corrected chi connectivity index (χ4v) is 8.04. The van der Waals surface area contributed by atoms with Crippen LogP contribution in [0.4, 0.5) is 8.78 Å². The molecule has 5 heterocycles. The van der Waals surface area contributed by atoms with Gasteiger partial charge in [0.05, 0.1) is 52.0 Å². The van der Waals surface area contributed by atoms with Crippen LogP contribution in [0.3, 0.4) is 0 Å². The first kappa shape index (κ1) is 33.2. The molecule has 12 heteroatoms. The number of benzene rings is 2. The molecule has 2 aliphatic rings. The van der Waals surface area contributed by atoms with Crippen molar-refractivity contribution in [2.24, 2.45) is 0 Å². The average molecular weight is 694 g/mol. The van der Waals surface area contributed by atoms with Crippen LogP contribution in [0.2, 0.25) is 5.02 Å². The number of alkyl halides is 2. The smallest absolute Gasteiger partial charge is 0.333 e. The number of hydrogen-bond donors (Lipinski definition) is 0. The first-order valence-corrected chi connectivity index (χ1v) is 17.4. The van der Waals surface area contributed by atoms with Gasteiger partial charge in [-0.3, -0.25) is 9.69 Å². The second-order valence-electron chi connectivity index (χ2n) is 13.8. The van der Waals surface area contributed by atoms with Crippen LogP contribution >= 0.6 is 22.9 Å². The maximum atomic E-state index is 14.2. The molecule has 3 aromatic heterocycles. The summed E-state index contributed by atoms with van der Waals surface area (Å²) < 4.78 is 41.8. The van der Waals surface area contributed by atoms with Crippen LogP contribution in [-0.2, 0) is 14.3 Å². The van der Waals surface area contributed by atoms with Gasteiger partial charge in [0, 0.05) is 22.1 Å². The number of carbonyl (C=O) groups is 1. The third kappa shape index (κ3) is 6.27. The highest BCUT2D eigenvalue weighted by Gasteiger charge is 2.34. The fourth-order valence-electron chi connectivity index (χ4n) is 6.82. The first-order chi connectivity index (χ1) is 22.9. The van der Waals surface area contributed by atoms with E-state index in [1.165, 1.54) is 11.3 Å².